The molecule has 13 heteroatoms. The minimum Gasteiger partial charge on any atom is -0.475 e. The lowest BCUT2D eigenvalue weighted by molar-refractivity contribution is -0.192. The fraction of sp³-hybridized carbons (Fsp3) is 0.217. The predicted octanol–water partition coefficient (Wildman–Crippen LogP) is 4.26. The molecular weight excluding hydrogens is 496 g/mol. The predicted molar refractivity (Wildman–Crippen MR) is 115 cm³/mol. The average molecular weight is 515 g/mol. The number of carboxylic acid groups (broad SMARTS) is 1. The van der Waals surface area contributed by atoms with Gasteiger partial charge in [-0.25, -0.2) is 4.79 Å². The number of pyridine rings is 2. The Hall–Kier alpha value is -4.16. The molecule has 3 aromatic rings. The molecule has 2 heterocycles. The maximum atomic E-state index is 12.9. The number of aliphatic carboxylic acids is 1. The molecule has 2 N–H and O–H groups in total. The summed E-state index contributed by atoms with van der Waals surface area (Å²) in [6.07, 6.45) is -6.59. The summed E-state index contributed by atoms with van der Waals surface area (Å²) in [7, 11) is 1.52. The van der Waals surface area contributed by atoms with Gasteiger partial charge in [0.15, 0.2) is 0 Å². The number of amides is 1. The van der Waals surface area contributed by atoms with Gasteiger partial charge in [0.05, 0.1) is 22.9 Å². The van der Waals surface area contributed by atoms with E-state index >= 15 is 0 Å². The Bertz CT molecular complexity index is 1280. The van der Waals surface area contributed by atoms with Gasteiger partial charge in [0.2, 0.25) is 5.56 Å². The third-order valence-corrected chi connectivity index (χ3v) is 4.76. The summed E-state index contributed by atoms with van der Waals surface area (Å²) in [5, 5.41) is 9.94. The molecule has 1 atom stereocenters. The number of nitrogens with one attached hydrogen (secondary N) is 1. The van der Waals surface area contributed by atoms with Crippen molar-refractivity contribution in [3.63, 3.8) is 0 Å². The van der Waals surface area contributed by atoms with Gasteiger partial charge in [0, 0.05) is 25.5 Å². The fourth-order valence-electron chi connectivity index (χ4n) is 2.92. The number of alkyl halides is 6. The van der Waals surface area contributed by atoms with E-state index in [1.165, 1.54) is 42.1 Å². The van der Waals surface area contributed by atoms with Crippen LogP contribution in [-0.4, -0.2) is 32.7 Å². The van der Waals surface area contributed by atoms with Gasteiger partial charge in [-0.3, -0.25) is 14.6 Å². The van der Waals surface area contributed by atoms with E-state index in [0.717, 1.165) is 17.7 Å². The zero-order valence-corrected chi connectivity index (χ0v) is 18.7. The molecule has 1 amide bonds. The highest BCUT2D eigenvalue weighted by Crippen LogP contribution is 2.31. The molecule has 0 saturated heterocycles. The highest BCUT2D eigenvalue weighted by Gasteiger charge is 2.38. The van der Waals surface area contributed by atoms with Gasteiger partial charge in [0.25, 0.3) is 5.91 Å². The first-order valence-electron chi connectivity index (χ1n) is 9.97. The van der Waals surface area contributed by atoms with Crippen molar-refractivity contribution in [2.24, 2.45) is 7.05 Å². The van der Waals surface area contributed by atoms with E-state index in [4.69, 9.17) is 9.90 Å². The first-order valence-corrected chi connectivity index (χ1v) is 9.97. The second-order valence-electron chi connectivity index (χ2n) is 7.40. The van der Waals surface area contributed by atoms with Crippen molar-refractivity contribution in [3.8, 4) is 0 Å². The second-order valence-corrected chi connectivity index (χ2v) is 7.40. The highest BCUT2D eigenvalue weighted by atomic mass is 19.4. The number of carboxylic acids is 1. The Kier molecular flexibility index (Phi) is 8.62. The molecule has 2 aromatic heterocycles. The van der Waals surface area contributed by atoms with E-state index in [1.54, 1.807) is 25.3 Å². The monoisotopic (exact) mass is 515 g/mol. The molecule has 0 aliphatic carbocycles. The van der Waals surface area contributed by atoms with Gasteiger partial charge >= 0.3 is 18.3 Å². The van der Waals surface area contributed by atoms with E-state index < -0.39 is 35.8 Å². The van der Waals surface area contributed by atoms with Crippen LogP contribution in [0, 0.1) is 6.92 Å². The van der Waals surface area contributed by atoms with Crippen molar-refractivity contribution >= 4 is 11.9 Å². The lowest BCUT2D eigenvalue weighted by Crippen LogP contribution is -2.31. The van der Waals surface area contributed by atoms with E-state index in [1.807, 2.05) is 0 Å². The van der Waals surface area contributed by atoms with E-state index in [-0.39, 0.29) is 11.1 Å². The van der Waals surface area contributed by atoms with Crippen LogP contribution in [0.3, 0.4) is 0 Å². The quantitative estimate of drug-likeness (QED) is 0.506. The Balaban J connectivity index is 0.000000572. The van der Waals surface area contributed by atoms with Crippen molar-refractivity contribution in [1.82, 2.24) is 14.9 Å². The largest absolute Gasteiger partial charge is 0.490 e. The first kappa shape index (κ1) is 28.1. The maximum absolute atomic E-state index is 12.9. The summed E-state index contributed by atoms with van der Waals surface area (Å²) in [6, 6.07) is 10.0. The van der Waals surface area contributed by atoms with E-state index in [2.05, 4.69) is 10.3 Å². The standard InChI is InChI=1S/C21H18F3N3O2.C2HF3O2/c1-13-4-3-11-25-18(13)19(14-5-8-16(9-6-14)21(22,23)24)26-20(29)15-7-10-17(28)27(2)12-15;3-2(4,5)1(6)7/h3-12,19H,1-2H3,(H,26,29);(H,6,7). The van der Waals surface area contributed by atoms with Crippen LogP contribution < -0.4 is 10.9 Å². The average Bonchev–Trinajstić information content (AvgIpc) is 2.79. The van der Waals surface area contributed by atoms with Crippen LogP contribution in [0.15, 0.2) is 65.7 Å². The van der Waals surface area contributed by atoms with Gasteiger partial charge in [-0.2, -0.15) is 26.3 Å². The number of benzene rings is 1. The van der Waals surface area contributed by atoms with Crippen molar-refractivity contribution in [2.45, 2.75) is 25.3 Å². The molecule has 1 unspecified atom stereocenters. The third kappa shape index (κ3) is 7.42. The van der Waals surface area contributed by atoms with Crippen LogP contribution in [0.2, 0.25) is 0 Å². The summed E-state index contributed by atoms with van der Waals surface area (Å²) < 4.78 is 71.7. The zero-order chi connectivity index (χ0) is 27.3. The summed E-state index contributed by atoms with van der Waals surface area (Å²) in [6.45, 7) is 1.80. The molecule has 7 nitrogen and oxygen atoms in total. The number of halogens is 6. The molecule has 192 valence electrons. The lowest BCUT2D eigenvalue weighted by atomic mass is 9.98. The van der Waals surface area contributed by atoms with Crippen LogP contribution in [0.25, 0.3) is 0 Å². The molecule has 0 fully saturated rings. The van der Waals surface area contributed by atoms with Crippen LogP contribution in [0.5, 0.6) is 0 Å². The summed E-state index contributed by atoms with van der Waals surface area (Å²) >= 11 is 0. The summed E-state index contributed by atoms with van der Waals surface area (Å²) in [4.78, 5) is 37.5. The molecule has 0 spiro atoms. The van der Waals surface area contributed by atoms with Crippen molar-refractivity contribution in [1.29, 1.82) is 0 Å². The van der Waals surface area contributed by atoms with Gasteiger partial charge in [-0.05, 0) is 42.3 Å². The van der Waals surface area contributed by atoms with Crippen LogP contribution in [-0.2, 0) is 18.0 Å². The Morgan fingerprint density at radius 1 is 1.00 bits per heavy atom. The number of hydrogen-bond acceptors (Lipinski definition) is 4. The highest BCUT2D eigenvalue weighted by molar-refractivity contribution is 5.94. The van der Waals surface area contributed by atoms with Gasteiger partial charge in [-0.1, -0.05) is 18.2 Å². The number of carbonyl (C=O) groups is 2. The molecule has 0 bridgehead atoms. The second kappa shape index (κ2) is 11.1. The summed E-state index contributed by atoms with van der Waals surface area (Å²) in [5.74, 6) is -3.23. The van der Waals surface area contributed by atoms with Crippen molar-refractivity contribution in [2.75, 3.05) is 0 Å². The number of nitrogens with zero attached hydrogens (tertiary/aromatic N) is 2. The molecule has 1 aromatic carbocycles. The molecular formula is C23H19F6N3O4. The van der Waals surface area contributed by atoms with Crippen molar-refractivity contribution < 1.29 is 41.0 Å². The topological polar surface area (TPSA) is 101 Å². The maximum Gasteiger partial charge on any atom is 0.490 e. The van der Waals surface area contributed by atoms with Crippen LogP contribution in [0.1, 0.15) is 38.8 Å². The Morgan fingerprint density at radius 3 is 2.06 bits per heavy atom. The smallest absolute Gasteiger partial charge is 0.475 e. The molecule has 0 aliphatic rings. The molecule has 36 heavy (non-hydrogen) atoms. The first-order chi connectivity index (χ1) is 16.6. The molecule has 0 radical (unpaired) electrons. The molecule has 0 aliphatic heterocycles. The van der Waals surface area contributed by atoms with E-state index in [0.29, 0.717) is 11.3 Å². The Morgan fingerprint density at radius 2 is 1.58 bits per heavy atom. The van der Waals surface area contributed by atoms with Crippen LogP contribution >= 0.6 is 0 Å². The number of aryl methyl sites for hydroxylation is 2. The fourth-order valence-corrected chi connectivity index (χ4v) is 2.92. The minimum absolute atomic E-state index is 0.248. The van der Waals surface area contributed by atoms with E-state index in [9.17, 15) is 35.9 Å². The van der Waals surface area contributed by atoms with Gasteiger partial charge in [0.1, 0.15) is 0 Å². The number of aromatic nitrogens is 2. The number of carbonyl (C=O) groups excluding carboxylic acids is 1. The van der Waals surface area contributed by atoms with Crippen LogP contribution in [0.4, 0.5) is 26.3 Å². The van der Waals surface area contributed by atoms with Gasteiger partial charge < -0.3 is 15.0 Å². The SMILES string of the molecule is Cc1cccnc1C(NC(=O)c1ccc(=O)n(C)c1)c1ccc(C(F)(F)F)cc1.O=C(O)C(F)(F)F. The van der Waals surface area contributed by atoms with Gasteiger partial charge in [-0.15, -0.1) is 0 Å². The number of rotatable bonds is 4. The molecule has 0 saturated carbocycles. The minimum atomic E-state index is -5.08. The third-order valence-electron chi connectivity index (χ3n) is 4.76. The Labute approximate surface area is 200 Å². The normalized spacial score (nSPS) is 12.2. The zero-order valence-electron chi connectivity index (χ0n) is 18.7. The van der Waals surface area contributed by atoms with Crippen molar-refractivity contribution in [3.05, 3.63) is 99.2 Å². The number of hydrogen-bond donors (Lipinski definition) is 2. The summed E-state index contributed by atoms with van der Waals surface area (Å²) in [5.41, 5.74) is 0.961. The molecule has 3 rings (SSSR count). The lowest BCUT2D eigenvalue weighted by Gasteiger charge is -2.21.